The van der Waals surface area contributed by atoms with Crippen LogP contribution >= 0.6 is 11.3 Å². The van der Waals surface area contributed by atoms with E-state index in [1.165, 1.54) is 11.3 Å². The smallest absolute Gasteiger partial charge is 0.326 e. The summed E-state index contributed by atoms with van der Waals surface area (Å²) in [6.07, 6.45) is 0.0604. The van der Waals surface area contributed by atoms with Gasteiger partial charge in [0.1, 0.15) is 22.5 Å². The second-order valence-electron chi connectivity index (χ2n) is 6.36. The zero-order valence-electron chi connectivity index (χ0n) is 15.0. The van der Waals surface area contributed by atoms with Crippen molar-refractivity contribution < 1.29 is 14.7 Å². The second kappa shape index (κ2) is 7.71. The Morgan fingerprint density at radius 2 is 1.93 bits per heavy atom. The summed E-state index contributed by atoms with van der Waals surface area (Å²) < 4.78 is 0. The van der Waals surface area contributed by atoms with Crippen LogP contribution in [0.4, 0.5) is 5.82 Å². The molecule has 0 aliphatic carbocycles. The average molecular weight is 384 g/mol. The van der Waals surface area contributed by atoms with Gasteiger partial charge in [-0.05, 0) is 25.8 Å². The highest BCUT2D eigenvalue weighted by atomic mass is 32.1. The number of aromatic nitrogens is 2. The van der Waals surface area contributed by atoms with E-state index in [-0.39, 0.29) is 12.8 Å². The number of nitrogens with one attached hydrogen (secondary N) is 1. The van der Waals surface area contributed by atoms with Crippen molar-refractivity contribution in [3.05, 3.63) is 41.0 Å². The van der Waals surface area contributed by atoms with Crippen molar-refractivity contribution in [2.45, 2.75) is 32.7 Å². The molecule has 27 heavy (non-hydrogen) atoms. The number of carboxylic acid groups (broad SMARTS) is 1. The highest BCUT2D eigenvalue weighted by molar-refractivity contribution is 7.17. The van der Waals surface area contributed by atoms with Crippen LogP contribution in [-0.4, -0.2) is 33.0 Å². The van der Waals surface area contributed by atoms with Crippen LogP contribution in [-0.2, 0) is 9.59 Å². The number of amides is 1. The molecule has 2 aromatic heterocycles. The summed E-state index contributed by atoms with van der Waals surface area (Å²) in [5.41, 5.74) is 8.26. The number of carboxylic acids is 1. The third kappa shape index (κ3) is 4.22. The zero-order valence-corrected chi connectivity index (χ0v) is 15.8. The number of aryl methyl sites for hydroxylation is 2. The number of carbonyl (C=O) groups excluding carboxylic acids is 1. The molecule has 0 saturated carbocycles. The summed E-state index contributed by atoms with van der Waals surface area (Å²) in [6.45, 7) is 3.78. The second-order valence-corrected chi connectivity index (χ2v) is 7.21. The highest BCUT2D eigenvalue weighted by Gasteiger charge is 2.22. The predicted octanol–water partition coefficient (Wildman–Crippen LogP) is 3.11. The zero-order chi connectivity index (χ0) is 19.6. The van der Waals surface area contributed by atoms with E-state index in [0.29, 0.717) is 11.6 Å². The van der Waals surface area contributed by atoms with E-state index in [4.69, 9.17) is 5.73 Å². The number of anilines is 1. The Hall–Kier alpha value is -3.00. The van der Waals surface area contributed by atoms with E-state index in [1.807, 2.05) is 36.6 Å². The van der Waals surface area contributed by atoms with E-state index >= 15 is 0 Å². The van der Waals surface area contributed by atoms with Crippen molar-refractivity contribution >= 4 is 39.2 Å². The molecule has 1 aromatic carbocycles. The number of hydrogen-bond donors (Lipinski definition) is 3. The maximum Gasteiger partial charge on any atom is 0.326 e. The highest BCUT2D eigenvalue weighted by Crippen LogP contribution is 2.37. The molecule has 4 N–H and O–H groups in total. The van der Waals surface area contributed by atoms with Crippen LogP contribution in [0, 0.1) is 13.8 Å². The minimum atomic E-state index is -1.06. The number of rotatable bonds is 7. The normalized spacial score (nSPS) is 12.1. The Labute approximate surface area is 160 Å². The van der Waals surface area contributed by atoms with Crippen LogP contribution in [0.1, 0.15) is 24.2 Å². The maximum atomic E-state index is 11.6. The van der Waals surface area contributed by atoms with Gasteiger partial charge in [0.2, 0.25) is 5.91 Å². The van der Waals surface area contributed by atoms with Crippen molar-refractivity contribution in [3.63, 3.8) is 0 Å². The lowest BCUT2D eigenvalue weighted by Gasteiger charge is -2.16. The number of nitrogens with zero attached hydrogens (tertiary/aromatic N) is 2. The standard InChI is InChI=1S/C19H20N4O3S/c1-10-3-5-12(6-4-10)13-9-27-18-16(13)17(21-11(2)22-18)23-14(19(25)26)7-8-15(20)24/h3-6,9,14H,7-8H2,1-2H3,(H2,20,24)(H,25,26)(H,21,22,23). The monoisotopic (exact) mass is 384 g/mol. The molecule has 0 spiro atoms. The molecule has 0 bridgehead atoms. The number of hydrogen-bond acceptors (Lipinski definition) is 6. The number of nitrogens with two attached hydrogens (primary N) is 1. The quantitative estimate of drug-likeness (QED) is 0.576. The number of primary amides is 1. The van der Waals surface area contributed by atoms with Gasteiger partial charge in [0.05, 0.1) is 5.39 Å². The molecule has 1 amide bonds. The molecule has 140 valence electrons. The first-order valence-corrected chi connectivity index (χ1v) is 9.33. The largest absolute Gasteiger partial charge is 0.480 e. The summed E-state index contributed by atoms with van der Waals surface area (Å²) in [6, 6.07) is 7.10. The van der Waals surface area contributed by atoms with E-state index < -0.39 is 17.9 Å². The van der Waals surface area contributed by atoms with Gasteiger partial charge in [0, 0.05) is 17.4 Å². The van der Waals surface area contributed by atoms with Crippen LogP contribution in [0.2, 0.25) is 0 Å². The number of fused-ring (bicyclic) bond motifs is 1. The van der Waals surface area contributed by atoms with Crippen molar-refractivity contribution in [2.75, 3.05) is 5.32 Å². The van der Waals surface area contributed by atoms with Gasteiger partial charge in [-0.15, -0.1) is 11.3 Å². The number of carbonyl (C=O) groups is 2. The van der Waals surface area contributed by atoms with Crippen molar-refractivity contribution in [1.82, 2.24) is 9.97 Å². The SMILES string of the molecule is Cc1ccc(-c2csc3nc(C)nc(NC(CCC(N)=O)C(=O)O)c23)cc1. The number of aliphatic carboxylic acids is 1. The van der Waals surface area contributed by atoms with E-state index in [2.05, 4.69) is 15.3 Å². The van der Waals surface area contributed by atoms with Crippen LogP contribution < -0.4 is 11.1 Å². The predicted molar refractivity (Wildman–Crippen MR) is 106 cm³/mol. The fourth-order valence-corrected chi connectivity index (χ4v) is 3.80. The molecular formula is C19H20N4O3S. The molecule has 0 fully saturated rings. The Morgan fingerprint density at radius 1 is 1.22 bits per heavy atom. The minimum absolute atomic E-state index is 0.0222. The van der Waals surface area contributed by atoms with E-state index in [0.717, 1.165) is 26.9 Å². The molecule has 1 unspecified atom stereocenters. The third-order valence-corrected chi connectivity index (χ3v) is 5.07. The summed E-state index contributed by atoms with van der Waals surface area (Å²) in [5, 5.41) is 15.2. The summed E-state index contributed by atoms with van der Waals surface area (Å²) in [7, 11) is 0. The topological polar surface area (TPSA) is 118 Å². The summed E-state index contributed by atoms with van der Waals surface area (Å²) in [4.78, 5) is 32.3. The maximum absolute atomic E-state index is 11.6. The molecule has 8 heteroatoms. The van der Waals surface area contributed by atoms with Gasteiger partial charge in [-0.1, -0.05) is 29.8 Å². The number of thiophene rings is 1. The van der Waals surface area contributed by atoms with Gasteiger partial charge in [-0.25, -0.2) is 14.8 Å². The Bertz CT molecular complexity index is 998. The summed E-state index contributed by atoms with van der Waals surface area (Å²) in [5.74, 6) is -0.608. The lowest BCUT2D eigenvalue weighted by molar-refractivity contribution is -0.138. The van der Waals surface area contributed by atoms with Crippen LogP contribution in [0.3, 0.4) is 0 Å². The average Bonchev–Trinajstić information content (AvgIpc) is 3.02. The fourth-order valence-electron chi connectivity index (χ4n) is 2.81. The van der Waals surface area contributed by atoms with Crippen molar-refractivity contribution in [2.24, 2.45) is 5.73 Å². The van der Waals surface area contributed by atoms with Gasteiger partial charge in [-0.2, -0.15) is 0 Å². The third-order valence-electron chi connectivity index (χ3n) is 4.20. The lowest BCUT2D eigenvalue weighted by Crippen LogP contribution is -2.31. The molecule has 0 radical (unpaired) electrons. The van der Waals surface area contributed by atoms with E-state index in [1.54, 1.807) is 6.92 Å². The molecule has 0 aliphatic heterocycles. The van der Waals surface area contributed by atoms with Gasteiger partial charge >= 0.3 is 5.97 Å². The molecule has 3 rings (SSSR count). The molecule has 3 aromatic rings. The first-order chi connectivity index (χ1) is 12.8. The minimum Gasteiger partial charge on any atom is -0.480 e. The fraction of sp³-hybridized carbons (Fsp3) is 0.263. The first kappa shape index (κ1) is 18.8. The number of benzene rings is 1. The Morgan fingerprint density at radius 3 is 2.56 bits per heavy atom. The van der Waals surface area contributed by atoms with Crippen LogP contribution in [0.25, 0.3) is 21.3 Å². The van der Waals surface area contributed by atoms with Crippen LogP contribution in [0.5, 0.6) is 0 Å². The van der Waals surface area contributed by atoms with Crippen molar-refractivity contribution in [1.29, 1.82) is 0 Å². The van der Waals surface area contributed by atoms with Gasteiger partial charge in [-0.3, -0.25) is 4.79 Å². The van der Waals surface area contributed by atoms with Gasteiger partial charge < -0.3 is 16.2 Å². The molecule has 0 aliphatic rings. The van der Waals surface area contributed by atoms with Crippen LogP contribution in [0.15, 0.2) is 29.6 Å². The molecule has 2 heterocycles. The molecule has 1 atom stereocenters. The Balaban J connectivity index is 2.05. The molecule has 0 saturated heterocycles. The van der Waals surface area contributed by atoms with Crippen molar-refractivity contribution in [3.8, 4) is 11.1 Å². The van der Waals surface area contributed by atoms with Gasteiger partial charge in [0.25, 0.3) is 0 Å². The van der Waals surface area contributed by atoms with E-state index in [9.17, 15) is 14.7 Å². The lowest BCUT2D eigenvalue weighted by atomic mass is 10.0. The summed E-state index contributed by atoms with van der Waals surface area (Å²) >= 11 is 1.48. The molecular weight excluding hydrogens is 364 g/mol. The Kier molecular flexibility index (Phi) is 5.36. The first-order valence-electron chi connectivity index (χ1n) is 8.45. The molecule has 7 nitrogen and oxygen atoms in total. The van der Waals surface area contributed by atoms with Gasteiger partial charge in [0.15, 0.2) is 0 Å².